The van der Waals surface area contributed by atoms with Gasteiger partial charge in [0, 0.05) is 25.7 Å². The van der Waals surface area contributed by atoms with Crippen LogP contribution in [0.2, 0.25) is 0 Å². The second kappa shape index (κ2) is 56.6. The molecular weight excluding hydrogens is 1100 g/mol. The molecule has 0 amide bonds. The number of hydrogen-bond acceptors (Lipinski definition) is 15. The van der Waals surface area contributed by atoms with Crippen LogP contribution in [0.15, 0.2) is 0 Å². The van der Waals surface area contributed by atoms with Crippen LogP contribution in [0, 0.1) is 11.8 Å². The number of phosphoric acid groups is 2. The van der Waals surface area contributed by atoms with Gasteiger partial charge in [-0.05, 0) is 37.5 Å². The normalized spacial score (nSPS) is 14.6. The highest BCUT2D eigenvalue weighted by molar-refractivity contribution is 7.47. The summed E-state index contributed by atoms with van der Waals surface area (Å²) in [5.41, 5.74) is 0. The molecule has 0 radical (unpaired) electrons. The lowest BCUT2D eigenvalue weighted by Gasteiger charge is -2.21. The Kier molecular flexibility index (Phi) is 55.2. The number of rotatable bonds is 63. The van der Waals surface area contributed by atoms with E-state index in [1.807, 2.05) is 0 Å². The van der Waals surface area contributed by atoms with Crippen molar-refractivity contribution in [3.05, 3.63) is 0 Å². The molecule has 0 saturated heterocycles. The minimum Gasteiger partial charge on any atom is -0.462 e. The molecule has 0 aromatic rings. The molecule has 0 rings (SSSR count). The Morgan fingerprint density at radius 1 is 0.349 bits per heavy atom. The SMILES string of the molecule is CCCCCCCCCCCCCC(=O)O[C@H](COC(=O)CCCCCCCCCC)COP(=O)(O)OC[C@H](O)COP(=O)(O)OC[C@@H](COC(=O)CCCCCCCCCCC(C)CC)OC(=O)CCCCCCCCCCCC(C)C. The van der Waals surface area contributed by atoms with Gasteiger partial charge in [0.15, 0.2) is 12.2 Å². The van der Waals surface area contributed by atoms with Gasteiger partial charge < -0.3 is 33.8 Å². The van der Waals surface area contributed by atoms with E-state index in [0.29, 0.717) is 25.7 Å². The number of ether oxygens (including phenoxy) is 4. The predicted octanol–water partition coefficient (Wildman–Crippen LogP) is 17.7. The Hall–Kier alpha value is -1.94. The molecule has 0 saturated carbocycles. The molecule has 6 atom stereocenters. The third-order valence-corrected chi connectivity index (χ3v) is 17.0. The summed E-state index contributed by atoms with van der Waals surface area (Å²) in [4.78, 5) is 72.2. The van der Waals surface area contributed by atoms with Crippen LogP contribution in [0.4, 0.5) is 0 Å². The van der Waals surface area contributed by atoms with Crippen LogP contribution >= 0.6 is 15.6 Å². The molecular formula is C64H124O17P2. The highest BCUT2D eigenvalue weighted by Crippen LogP contribution is 2.45. The first kappa shape index (κ1) is 81.1. The lowest BCUT2D eigenvalue weighted by atomic mass is 9.99. The van der Waals surface area contributed by atoms with Crippen molar-refractivity contribution in [2.24, 2.45) is 11.8 Å². The van der Waals surface area contributed by atoms with Crippen LogP contribution in [-0.4, -0.2) is 96.7 Å². The number of hydrogen-bond donors (Lipinski definition) is 3. The molecule has 3 unspecified atom stereocenters. The third kappa shape index (κ3) is 57.6. The summed E-state index contributed by atoms with van der Waals surface area (Å²) in [6.07, 6.45) is 38.9. The fourth-order valence-corrected chi connectivity index (χ4v) is 11.1. The van der Waals surface area contributed by atoms with E-state index in [1.54, 1.807) is 0 Å². The molecule has 83 heavy (non-hydrogen) atoms. The third-order valence-electron chi connectivity index (χ3n) is 15.1. The summed E-state index contributed by atoms with van der Waals surface area (Å²) in [5.74, 6) is -0.622. The van der Waals surface area contributed by atoms with Crippen LogP contribution in [-0.2, 0) is 65.4 Å². The van der Waals surface area contributed by atoms with Crippen molar-refractivity contribution in [2.45, 2.75) is 336 Å². The van der Waals surface area contributed by atoms with E-state index in [-0.39, 0.29) is 25.7 Å². The number of carbonyl (C=O) groups excluding carboxylic acids is 4. The van der Waals surface area contributed by atoms with Gasteiger partial charge in [0.1, 0.15) is 19.3 Å². The molecule has 492 valence electrons. The topological polar surface area (TPSA) is 237 Å². The zero-order valence-corrected chi connectivity index (χ0v) is 55.3. The number of esters is 4. The number of aliphatic hydroxyl groups excluding tert-OH is 1. The highest BCUT2D eigenvalue weighted by Gasteiger charge is 2.30. The summed E-state index contributed by atoms with van der Waals surface area (Å²) >= 11 is 0. The maximum absolute atomic E-state index is 13.0. The van der Waals surface area contributed by atoms with E-state index in [4.69, 9.17) is 37.0 Å². The van der Waals surface area contributed by atoms with E-state index >= 15 is 0 Å². The summed E-state index contributed by atoms with van der Waals surface area (Å²) in [5, 5.41) is 10.5. The maximum Gasteiger partial charge on any atom is 0.472 e. The fourth-order valence-electron chi connectivity index (χ4n) is 9.50. The number of aliphatic hydroxyl groups is 1. The van der Waals surface area contributed by atoms with E-state index < -0.39 is 97.5 Å². The van der Waals surface area contributed by atoms with Crippen molar-refractivity contribution in [3.8, 4) is 0 Å². The molecule has 0 fully saturated rings. The van der Waals surface area contributed by atoms with Crippen LogP contribution in [0.1, 0.15) is 318 Å². The molecule has 0 aliphatic heterocycles. The zero-order chi connectivity index (χ0) is 61.5. The van der Waals surface area contributed by atoms with E-state index in [1.165, 1.54) is 128 Å². The van der Waals surface area contributed by atoms with Crippen LogP contribution in [0.25, 0.3) is 0 Å². The molecule has 0 aromatic heterocycles. The maximum atomic E-state index is 13.0. The molecule has 19 heteroatoms. The average Bonchev–Trinajstić information content (AvgIpc) is 3.47. The van der Waals surface area contributed by atoms with Crippen molar-refractivity contribution < 1.29 is 80.2 Å². The zero-order valence-electron chi connectivity index (χ0n) is 53.5. The second-order valence-electron chi connectivity index (χ2n) is 23.9. The Morgan fingerprint density at radius 2 is 0.614 bits per heavy atom. The summed E-state index contributed by atoms with van der Waals surface area (Å²) in [6.45, 7) is 9.45. The first-order chi connectivity index (χ1) is 39.9. The first-order valence-electron chi connectivity index (χ1n) is 33.5. The lowest BCUT2D eigenvalue weighted by molar-refractivity contribution is -0.161. The van der Waals surface area contributed by atoms with Gasteiger partial charge in [-0.25, -0.2) is 9.13 Å². The molecule has 0 aliphatic carbocycles. The summed E-state index contributed by atoms with van der Waals surface area (Å²) in [7, 11) is -9.88. The van der Waals surface area contributed by atoms with E-state index in [0.717, 1.165) is 108 Å². The molecule has 0 aromatic carbocycles. The average molecular weight is 1230 g/mol. The molecule has 0 heterocycles. The quantitative estimate of drug-likeness (QED) is 0.0222. The molecule has 17 nitrogen and oxygen atoms in total. The van der Waals surface area contributed by atoms with Crippen molar-refractivity contribution in [1.82, 2.24) is 0 Å². The van der Waals surface area contributed by atoms with E-state index in [2.05, 4.69) is 41.5 Å². The van der Waals surface area contributed by atoms with Crippen LogP contribution in [0.5, 0.6) is 0 Å². The Balaban J connectivity index is 5.24. The molecule has 3 N–H and O–H groups in total. The first-order valence-corrected chi connectivity index (χ1v) is 36.5. The number of carbonyl (C=O) groups is 4. The largest absolute Gasteiger partial charge is 0.472 e. The van der Waals surface area contributed by atoms with Gasteiger partial charge in [0.2, 0.25) is 0 Å². The smallest absolute Gasteiger partial charge is 0.462 e. The summed E-state index contributed by atoms with van der Waals surface area (Å²) in [6, 6.07) is 0. The van der Waals surface area contributed by atoms with Crippen molar-refractivity contribution in [3.63, 3.8) is 0 Å². The predicted molar refractivity (Wildman–Crippen MR) is 331 cm³/mol. The molecule has 0 aliphatic rings. The van der Waals surface area contributed by atoms with Gasteiger partial charge in [-0.15, -0.1) is 0 Å². The van der Waals surface area contributed by atoms with Crippen LogP contribution in [0.3, 0.4) is 0 Å². The monoisotopic (exact) mass is 1230 g/mol. The van der Waals surface area contributed by atoms with Crippen LogP contribution < -0.4 is 0 Å². The lowest BCUT2D eigenvalue weighted by Crippen LogP contribution is -2.30. The number of phosphoric ester groups is 2. The molecule has 0 bridgehead atoms. The molecule has 0 spiro atoms. The Labute approximate surface area is 505 Å². The van der Waals surface area contributed by atoms with Gasteiger partial charge in [-0.2, -0.15) is 0 Å². The van der Waals surface area contributed by atoms with Gasteiger partial charge in [0.25, 0.3) is 0 Å². The van der Waals surface area contributed by atoms with E-state index in [9.17, 15) is 43.2 Å². The minimum atomic E-state index is -4.94. The van der Waals surface area contributed by atoms with Gasteiger partial charge >= 0.3 is 39.5 Å². The van der Waals surface area contributed by atoms with Gasteiger partial charge in [0.05, 0.1) is 26.4 Å². The van der Waals surface area contributed by atoms with Crippen molar-refractivity contribution in [2.75, 3.05) is 39.6 Å². The summed E-state index contributed by atoms with van der Waals surface area (Å²) < 4.78 is 68.0. The van der Waals surface area contributed by atoms with Crippen molar-refractivity contribution in [1.29, 1.82) is 0 Å². The van der Waals surface area contributed by atoms with Gasteiger partial charge in [-0.1, -0.05) is 266 Å². The highest BCUT2D eigenvalue weighted by atomic mass is 31.2. The second-order valence-corrected chi connectivity index (χ2v) is 26.8. The fraction of sp³-hybridized carbons (Fsp3) is 0.938. The minimum absolute atomic E-state index is 0.105. The van der Waals surface area contributed by atoms with Gasteiger partial charge in [-0.3, -0.25) is 37.3 Å². The Bertz CT molecular complexity index is 1630. The van der Waals surface area contributed by atoms with Crippen molar-refractivity contribution >= 4 is 39.5 Å². The number of unbranched alkanes of at least 4 members (excludes halogenated alkanes) is 32. The standard InChI is InChI=1S/C64H124O17P2/c1-7-10-12-14-16-18-19-22-30-36-42-48-63(68)80-59(52-74-61(66)46-40-34-28-17-15-13-11-8-2)54-78-82(70,71)76-50-58(65)51-77-83(72,73)79-55-60(81-64(69)49-43-37-31-23-20-21-26-32-38-44-56(4)5)53-75-62(67)47-41-35-29-25-24-27-33-39-45-57(6)9-3/h56-60,65H,7-55H2,1-6H3,(H,70,71)(H,72,73)/t57?,58-,59+,60+/m0/s1. The Morgan fingerprint density at radius 3 is 0.916 bits per heavy atom.